The van der Waals surface area contributed by atoms with Crippen LogP contribution in [0.1, 0.15) is 42.5 Å². The predicted octanol–water partition coefficient (Wildman–Crippen LogP) is 2.41. The largest absolute Gasteiger partial charge is 0.476 e. The summed E-state index contributed by atoms with van der Waals surface area (Å²) in [5.74, 6) is 0.424. The minimum atomic E-state index is -0.470. The first-order chi connectivity index (χ1) is 9.22. The molecule has 1 heterocycles. The number of carbonyl (C=O) groups is 1. The van der Waals surface area contributed by atoms with E-state index in [0.29, 0.717) is 24.0 Å². The van der Waals surface area contributed by atoms with Gasteiger partial charge in [-0.15, -0.1) is 0 Å². The van der Waals surface area contributed by atoms with Gasteiger partial charge in [-0.25, -0.2) is 9.78 Å². The number of nitrogen functional groups attached to an aromatic ring is 1. The Morgan fingerprint density at radius 2 is 2.16 bits per heavy atom. The van der Waals surface area contributed by atoms with E-state index in [2.05, 4.69) is 9.72 Å². The third-order valence-corrected chi connectivity index (χ3v) is 3.54. The van der Waals surface area contributed by atoms with Crippen molar-refractivity contribution in [3.8, 4) is 5.88 Å². The fourth-order valence-corrected chi connectivity index (χ4v) is 2.41. The molecule has 1 saturated carbocycles. The average molecular weight is 264 g/mol. The van der Waals surface area contributed by atoms with Crippen molar-refractivity contribution < 1.29 is 14.3 Å². The van der Waals surface area contributed by atoms with Gasteiger partial charge in [-0.05, 0) is 24.8 Å². The lowest BCUT2D eigenvalue weighted by atomic mass is 9.90. The van der Waals surface area contributed by atoms with Crippen LogP contribution in [0.4, 0.5) is 5.69 Å². The summed E-state index contributed by atoms with van der Waals surface area (Å²) in [7, 11) is 1.32. The molecule has 0 atom stereocenters. The number of hydrogen-bond acceptors (Lipinski definition) is 5. The van der Waals surface area contributed by atoms with Crippen LogP contribution < -0.4 is 10.5 Å². The monoisotopic (exact) mass is 264 g/mol. The second-order valence-electron chi connectivity index (χ2n) is 4.88. The standard InChI is InChI=1S/C14H20N2O3/c1-18-14(17)11-7-8-16-13(12(11)15)19-9-10-5-3-2-4-6-10/h7-8,10H,2-6,9,15H2,1H3. The summed E-state index contributed by atoms with van der Waals surface area (Å²) < 4.78 is 10.3. The van der Waals surface area contributed by atoms with Crippen molar-refractivity contribution >= 4 is 11.7 Å². The number of esters is 1. The van der Waals surface area contributed by atoms with Crippen molar-refractivity contribution in [1.82, 2.24) is 4.98 Å². The Morgan fingerprint density at radius 1 is 1.42 bits per heavy atom. The summed E-state index contributed by atoms with van der Waals surface area (Å²) in [5, 5.41) is 0. The van der Waals surface area contributed by atoms with Crippen LogP contribution in [-0.2, 0) is 4.74 Å². The summed E-state index contributed by atoms with van der Waals surface area (Å²) in [4.78, 5) is 15.6. The van der Waals surface area contributed by atoms with Crippen molar-refractivity contribution in [1.29, 1.82) is 0 Å². The van der Waals surface area contributed by atoms with Gasteiger partial charge in [-0.1, -0.05) is 19.3 Å². The van der Waals surface area contributed by atoms with Crippen LogP contribution in [0.15, 0.2) is 12.3 Å². The Bertz CT molecular complexity index is 442. The zero-order valence-corrected chi connectivity index (χ0v) is 11.2. The van der Waals surface area contributed by atoms with Crippen molar-refractivity contribution in [2.45, 2.75) is 32.1 Å². The molecule has 0 unspecified atom stereocenters. The van der Waals surface area contributed by atoms with E-state index in [1.807, 2.05) is 0 Å². The molecule has 19 heavy (non-hydrogen) atoms. The van der Waals surface area contributed by atoms with Gasteiger partial charge in [0.15, 0.2) is 0 Å². The first-order valence-electron chi connectivity index (χ1n) is 6.68. The molecule has 2 rings (SSSR count). The van der Waals surface area contributed by atoms with E-state index in [9.17, 15) is 4.79 Å². The van der Waals surface area contributed by atoms with Crippen molar-refractivity contribution in [3.05, 3.63) is 17.8 Å². The Balaban J connectivity index is 2.01. The van der Waals surface area contributed by atoms with Gasteiger partial charge in [0, 0.05) is 6.20 Å². The highest BCUT2D eigenvalue weighted by Crippen LogP contribution is 2.27. The Labute approximate surface area is 113 Å². The van der Waals surface area contributed by atoms with Crippen LogP contribution in [-0.4, -0.2) is 24.7 Å². The molecule has 0 saturated heterocycles. The SMILES string of the molecule is COC(=O)c1ccnc(OCC2CCCCC2)c1N. The molecule has 104 valence electrons. The van der Waals surface area contributed by atoms with Crippen molar-refractivity contribution in [3.63, 3.8) is 0 Å². The molecule has 0 bridgehead atoms. The normalized spacial score (nSPS) is 16.1. The van der Waals surface area contributed by atoms with Gasteiger partial charge in [-0.3, -0.25) is 0 Å². The highest BCUT2D eigenvalue weighted by atomic mass is 16.5. The lowest BCUT2D eigenvalue weighted by molar-refractivity contribution is 0.0601. The highest BCUT2D eigenvalue weighted by Gasteiger charge is 2.18. The number of ether oxygens (including phenoxy) is 2. The lowest BCUT2D eigenvalue weighted by Crippen LogP contribution is -2.17. The van der Waals surface area contributed by atoms with E-state index in [0.717, 1.165) is 0 Å². The van der Waals surface area contributed by atoms with E-state index in [-0.39, 0.29) is 5.69 Å². The molecule has 5 heteroatoms. The minimum Gasteiger partial charge on any atom is -0.476 e. The van der Waals surface area contributed by atoms with E-state index in [1.54, 1.807) is 0 Å². The molecule has 0 aromatic carbocycles. The Kier molecular flexibility index (Phi) is 4.60. The number of hydrogen-bond donors (Lipinski definition) is 1. The maximum atomic E-state index is 11.5. The molecule has 1 aliphatic carbocycles. The number of anilines is 1. The average Bonchev–Trinajstić information content (AvgIpc) is 2.46. The van der Waals surface area contributed by atoms with Crippen LogP contribution in [0.5, 0.6) is 5.88 Å². The minimum absolute atomic E-state index is 0.255. The Morgan fingerprint density at radius 3 is 2.84 bits per heavy atom. The molecule has 0 spiro atoms. The second kappa shape index (κ2) is 6.41. The molecule has 0 aliphatic heterocycles. The van der Waals surface area contributed by atoms with Gasteiger partial charge in [-0.2, -0.15) is 0 Å². The Hall–Kier alpha value is -1.78. The van der Waals surface area contributed by atoms with Crippen LogP contribution in [0.25, 0.3) is 0 Å². The summed E-state index contributed by atoms with van der Waals surface area (Å²) in [5.41, 5.74) is 6.44. The van der Waals surface area contributed by atoms with E-state index < -0.39 is 5.97 Å². The van der Waals surface area contributed by atoms with Crippen LogP contribution in [0.3, 0.4) is 0 Å². The van der Waals surface area contributed by atoms with E-state index >= 15 is 0 Å². The fourth-order valence-electron chi connectivity index (χ4n) is 2.41. The summed E-state index contributed by atoms with van der Waals surface area (Å²) >= 11 is 0. The molecule has 0 amide bonds. The number of aromatic nitrogens is 1. The zero-order chi connectivity index (χ0) is 13.7. The number of methoxy groups -OCH3 is 1. The van der Waals surface area contributed by atoms with Crippen LogP contribution in [0, 0.1) is 5.92 Å². The molecular formula is C14H20N2O3. The van der Waals surface area contributed by atoms with Gasteiger partial charge in [0.2, 0.25) is 5.88 Å². The van der Waals surface area contributed by atoms with E-state index in [1.165, 1.54) is 51.5 Å². The quantitative estimate of drug-likeness (QED) is 0.845. The van der Waals surface area contributed by atoms with Crippen molar-refractivity contribution in [2.75, 3.05) is 19.5 Å². The number of rotatable bonds is 4. The van der Waals surface area contributed by atoms with Crippen LogP contribution in [0.2, 0.25) is 0 Å². The maximum Gasteiger partial charge on any atom is 0.340 e. The molecule has 2 N–H and O–H groups in total. The molecular weight excluding hydrogens is 244 g/mol. The zero-order valence-electron chi connectivity index (χ0n) is 11.2. The number of nitrogens with two attached hydrogens (primary N) is 1. The summed E-state index contributed by atoms with van der Waals surface area (Å²) in [6.45, 7) is 0.613. The number of nitrogens with zero attached hydrogens (tertiary/aromatic N) is 1. The molecule has 1 aromatic rings. The maximum absolute atomic E-state index is 11.5. The van der Waals surface area contributed by atoms with Gasteiger partial charge < -0.3 is 15.2 Å². The number of carbonyl (C=O) groups excluding carboxylic acids is 1. The topological polar surface area (TPSA) is 74.4 Å². The molecule has 5 nitrogen and oxygen atoms in total. The molecule has 1 fully saturated rings. The third kappa shape index (κ3) is 3.36. The highest BCUT2D eigenvalue weighted by molar-refractivity contribution is 5.95. The third-order valence-electron chi connectivity index (χ3n) is 3.54. The van der Waals surface area contributed by atoms with Gasteiger partial charge in [0.1, 0.15) is 5.69 Å². The summed E-state index contributed by atoms with van der Waals surface area (Å²) in [6, 6.07) is 1.54. The van der Waals surface area contributed by atoms with E-state index in [4.69, 9.17) is 10.5 Å². The van der Waals surface area contributed by atoms with Crippen molar-refractivity contribution in [2.24, 2.45) is 5.92 Å². The number of pyridine rings is 1. The second-order valence-corrected chi connectivity index (χ2v) is 4.88. The predicted molar refractivity (Wildman–Crippen MR) is 72.1 cm³/mol. The first kappa shape index (κ1) is 13.6. The molecule has 1 aliphatic rings. The van der Waals surface area contributed by atoms with Gasteiger partial charge in [0.25, 0.3) is 0 Å². The van der Waals surface area contributed by atoms with Crippen LogP contribution >= 0.6 is 0 Å². The van der Waals surface area contributed by atoms with Gasteiger partial charge >= 0.3 is 5.97 Å². The lowest BCUT2D eigenvalue weighted by Gasteiger charge is -2.21. The fraction of sp³-hybridized carbons (Fsp3) is 0.571. The summed E-state index contributed by atoms with van der Waals surface area (Å²) in [6.07, 6.45) is 7.74. The molecule has 0 radical (unpaired) electrons. The van der Waals surface area contributed by atoms with Gasteiger partial charge in [0.05, 0.1) is 19.3 Å². The first-order valence-corrected chi connectivity index (χ1v) is 6.68. The molecule has 1 aromatic heterocycles. The smallest absolute Gasteiger partial charge is 0.340 e.